The molecule has 0 heterocycles. The van der Waals surface area contributed by atoms with Gasteiger partial charge in [0.1, 0.15) is 0 Å². The van der Waals surface area contributed by atoms with Gasteiger partial charge in [-0.3, -0.25) is 4.99 Å². The fourth-order valence-electron chi connectivity index (χ4n) is 1.89. The van der Waals surface area contributed by atoms with Gasteiger partial charge < -0.3 is 20.1 Å². The number of aliphatic imine (C=N–C) groups is 1. The molecule has 0 aliphatic carbocycles. The van der Waals surface area contributed by atoms with Gasteiger partial charge in [-0.25, -0.2) is 0 Å². The fraction of sp³-hybridized carbons (Fsp3) is 0.938. The molecule has 5 heteroatoms. The molecular weight excluding hydrogens is 266 g/mol. The lowest BCUT2D eigenvalue weighted by molar-refractivity contribution is 0.0689. The monoisotopic (exact) mass is 301 g/mol. The summed E-state index contributed by atoms with van der Waals surface area (Å²) in [6.07, 6.45) is 5.92. The molecule has 0 unspecified atom stereocenters. The molecule has 0 saturated carbocycles. The van der Waals surface area contributed by atoms with E-state index in [1.165, 1.54) is 19.3 Å². The molecule has 0 aromatic carbocycles. The quantitative estimate of drug-likeness (QED) is 0.312. The SMILES string of the molecule is CN=C(NCCCCOCCOC)NCCCCC(C)C. The van der Waals surface area contributed by atoms with E-state index in [-0.39, 0.29) is 0 Å². The molecule has 0 atom stereocenters. The first-order valence-electron chi connectivity index (χ1n) is 8.22. The highest BCUT2D eigenvalue weighted by Gasteiger charge is 1.98. The molecule has 0 amide bonds. The number of nitrogens with zero attached hydrogens (tertiary/aromatic N) is 1. The molecule has 0 aliphatic rings. The van der Waals surface area contributed by atoms with Crippen molar-refractivity contribution in [3.63, 3.8) is 0 Å². The highest BCUT2D eigenvalue weighted by molar-refractivity contribution is 5.79. The summed E-state index contributed by atoms with van der Waals surface area (Å²) in [5, 5.41) is 6.68. The smallest absolute Gasteiger partial charge is 0.190 e. The van der Waals surface area contributed by atoms with Crippen LogP contribution < -0.4 is 10.6 Å². The second-order valence-corrected chi connectivity index (χ2v) is 5.63. The fourth-order valence-corrected chi connectivity index (χ4v) is 1.89. The van der Waals surface area contributed by atoms with E-state index in [2.05, 4.69) is 29.5 Å². The number of ether oxygens (including phenoxy) is 2. The lowest BCUT2D eigenvalue weighted by atomic mass is 10.1. The maximum Gasteiger partial charge on any atom is 0.190 e. The van der Waals surface area contributed by atoms with Gasteiger partial charge in [0.05, 0.1) is 13.2 Å². The minimum Gasteiger partial charge on any atom is -0.382 e. The normalized spacial score (nSPS) is 12.0. The molecule has 0 rings (SSSR count). The van der Waals surface area contributed by atoms with Crippen molar-refractivity contribution in [1.29, 1.82) is 0 Å². The summed E-state index contributed by atoms with van der Waals surface area (Å²) < 4.78 is 10.3. The first kappa shape index (κ1) is 20.2. The molecule has 0 fully saturated rings. The number of methoxy groups -OCH3 is 1. The van der Waals surface area contributed by atoms with Crippen molar-refractivity contribution < 1.29 is 9.47 Å². The third-order valence-corrected chi connectivity index (χ3v) is 3.16. The van der Waals surface area contributed by atoms with Gasteiger partial charge in [0.15, 0.2) is 5.96 Å². The Balaban J connectivity index is 3.37. The Labute approximate surface area is 130 Å². The van der Waals surface area contributed by atoms with Crippen molar-refractivity contribution in [2.24, 2.45) is 10.9 Å². The summed E-state index contributed by atoms with van der Waals surface area (Å²) in [5.41, 5.74) is 0. The van der Waals surface area contributed by atoms with Gasteiger partial charge in [0, 0.05) is 33.9 Å². The van der Waals surface area contributed by atoms with Crippen LogP contribution >= 0.6 is 0 Å². The van der Waals surface area contributed by atoms with E-state index in [0.717, 1.165) is 44.4 Å². The van der Waals surface area contributed by atoms with E-state index in [0.29, 0.717) is 13.2 Å². The van der Waals surface area contributed by atoms with Crippen LogP contribution in [-0.2, 0) is 9.47 Å². The molecule has 0 bridgehead atoms. The third-order valence-electron chi connectivity index (χ3n) is 3.16. The summed E-state index contributed by atoms with van der Waals surface area (Å²) in [6.45, 7) is 8.62. The predicted molar refractivity (Wildman–Crippen MR) is 90.0 cm³/mol. The van der Waals surface area contributed by atoms with Crippen LogP contribution in [0.2, 0.25) is 0 Å². The topological polar surface area (TPSA) is 54.9 Å². The Morgan fingerprint density at radius 2 is 1.62 bits per heavy atom. The Kier molecular flexibility index (Phi) is 15.0. The standard InChI is InChI=1S/C16H35N3O2/c1-15(2)9-5-6-10-18-16(17-3)19-11-7-8-12-21-14-13-20-4/h15H,5-14H2,1-4H3,(H2,17,18,19). The third kappa shape index (κ3) is 15.4. The minimum atomic E-state index is 0.672. The largest absolute Gasteiger partial charge is 0.382 e. The van der Waals surface area contributed by atoms with Crippen LogP contribution in [0.4, 0.5) is 0 Å². The molecule has 0 aliphatic heterocycles. The van der Waals surface area contributed by atoms with Crippen LogP contribution in [0.5, 0.6) is 0 Å². The van der Waals surface area contributed by atoms with Gasteiger partial charge in [0.2, 0.25) is 0 Å². The van der Waals surface area contributed by atoms with Crippen molar-refractivity contribution in [2.45, 2.75) is 46.0 Å². The van der Waals surface area contributed by atoms with Crippen molar-refractivity contribution in [1.82, 2.24) is 10.6 Å². The number of hydrogen-bond donors (Lipinski definition) is 2. The molecule has 0 saturated heterocycles. The first-order chi connectivity index (χ1) is 10.2. The first-order valence-corrected chi connectivity index (χ1v) is 8.22. The maximum absolute atomic E-state index is 5.42. The van der Waals surface area contributed by atoms with Gasteiger partial charge in [-0.1, -0.05) is 26.7 Å². The summed E-state index contributed by atoms with van der Waals surface area (Å²) in [4.78, 5) is 4.23. The van der Waals surface area contributed by atoms with Crippen LogP contribution in [-0.4, -0.2) is 53.0 Å². The van der Waals surface area contributed by atoms with Crippen LogP contribution in [0.3, 0.4) is 0 Å². The average Bonchev–Trinajstić information content (AvgIpc) is 2.47. The van der Waals surface area contributed by atoms with Crippen LogP contribution in [0, 0.1) is 5.92 Å². The second kappa shape index (κ2) is 15.6. The summed E-state index contributed by atoms with van der Waals surface area (Å²) in [5.74, 6) is 1.70. The van der Waals surface area contributed by atoms with Crippen molar-refractivity contribution in [3.8, 4) is 0 Å². The van der Waals surface area contributed by atoms with Gasteiger partial charge in [-0.05, 0) is 25.2 Å². The maximum atomic E-state index is 5.42. The Morgan fingerprint density at radius 1 is 0.952 bits per heavy atom. The molecule has 5 nitrogen and oxygen atoms in total. The molecular formula is C16H35N3O2. The molecule has 0 radical (unpaired) electrons. The molecule has 21 heavy (non-hydrogen) atoms. The molecule has 126 valence electrons. The van der Waals surface area contributed by atoms with E-state index in [1.807, 2.05) is 7.05 Å². The Morgan fingerprint density at radius 3 is 2.19 bits per heavy atom. The second-order valence-electron chi connectivity index (χ2n) is 5.63. The van der Waals surface area contributed by atoms with Crippen LogP contribution in [0.15, 0.2) is 4.99 Å². The molecule has 2 N–H and O–H groups in total. The van der Waals surface area contributed by atoms with E-state index >= 15 is 0 Å². The summed E-state index contributed by atoms with van der Waals surface area (Å²) >= 11 is 0. The van der Waals surface area contributed by atoms with Crippen LogP contribution in [0.1, 0.15) is 46.0 Å². The van der Waals surface area contributed by atoms with E-state index in [9.17, 15) is 0 Å². The van der Waals surface area contributed by atoms with Crippen LogP contribution in [0.25, 0.3) is 0 Å². The lowest BCUT2D eigenvalue weighted by Gasteiger charge is -2.12. The van der Waals surface area contributed by atoms with Gasteiger partial charge in [-0.15, -0.1) is 0 Å². The zero-order valence-electron chi connectivity index (χ0n) is 14.4. The Hall–Kier alpha value is -0.810. The summed E-state index contributed by atoms with van der Waals surface area (Å²) in [6, 6.07) is 0. The Bertz CT molecular complexity index is 246. The molecule has 0 aromatic heterocycles. The highest BCUT2D eigenvalue weighted by atomic mass is 16.5. The predicted octanol–water partition coefficient (Wildman–Crippen LogP) is 2.42. The number of rotatable bonds is 13. The van der Waals surface area contributed by atoms with E-state index in [4.69, 9.17) is 9.47 Å². The van der Waals surface area contributed by atoms with Crippen molar-refractivity contribution >= 4 is 5.96 Å². The number of hydrogen-bond acceptors (Lipinski definition) is 3. The average molecular weight is 301 g/mol. The number of nitrogens with one attached hydrogen (secondary N) is 2. The number of unbranched alkanes of at least 4 members (excludes halogenated alkanes) is 2. The zero-order chi connectivity index (χ0) is 15.8. The van der Waals surface area contributed by atoms with Crippen molar-refractivity contribution in [2.75, 3.05) is 47.1 Å². The van der Waals surface area contributed by atoms with E-state index in [1.54, 1.807) is 7.11 Å². The van der Waals surface area contributed by atoms with E-state index < -0.39 is 0 Å². The summed E-state index contributed by atoms with van der Waals surface area (Å²) in [7, 11) is 3.51. The van der Waals surface area contributed by atoms with Gasteiger partial charge >= 0.3 is 0 Å². The molecule has 0 aromatic rings. The molecule has 0 spiro atoms. The van der Waals surface area contributed by atoms with Gasteiger partial charge in [0.25, 0.3) is 0 Å². The van der Waals surface area contributed by atoms with Gasteiger partial charge in [-0.2, -0.15) is 0 Å². The lowest BCUT2D eigenvalue weighted by Crippen LogP contribution is -2.38. The van der Waals surface area contributed by atoms with Crippen molar-refractivity contribution in [3.05, 3.63) is 0 Å². The minimum absolute atomic E-state index is 0.672. The zero-order valence-corrected chi connectivity index (χ0v) is 14.4. The highest BCUT2D eigenvalue weighted by Crippen LogP contribution is 2.04. The number of guanidine groups is 1.